The molecule has 1 amide bonds. The summed E-state index contributed by atoms with van der Waals surface area (Å²) in [6.45, 7) is 0.331. The molecule has 2 aromatic heterocycles. The van der Waals surface area contributed by atoms with Gasteiger partial charge in [0.2, 0.25) is 5.75 Å². The van der Waals surface area contributed by atoms with E-state index in [1.54, 1.807) is 27.5 Å². The van der Waals surface area contributed by atoms with E-state index in [9.17, 15) is 4.79 Å². The van der Waals surface area contributed by atoms with Crippen molar-refractivity contribution in [3.8, 4) is 28.4 Å². The minimum absolute atomic E-state index is 0.127. The minimum Gasteiger partial charge on any atom is -0.493 e. The Morgan fingerprint density at radius 2 is 1.69 bits per heavy atom. The highest BCUT2D eigenvalue weighted by molar-refractivity contribution is 6.06. The van der Waals surface area contributed by atoms with Crippen LogP contribution in [0, 0.1) is 0 Å². The van der Waals surface area contributed by atoms with E-state index in [0.717, 1.165) is 27.7 Å². The van der Waals surface area contributed by atoms with Gasteiger partial charge >= 0.3 is 0 Å². The number of carbonyl (C=O) groups excluding carboxylic acids is 1. The van der Waals surface area contributed by atoms with Gasteiger partial charge in [-0.05, 0) is 29.8 Å². The molecule has 2 heterocycles. The molecule has 0 bridgehead atoms. The first-order chi connectivity index (χ1) is 15.5. The van der Waals surface area contributed by atoms with Crippen molar-refractivity contribution in [2.45, 2.75) is 6.54 Å². The Hall–Kier alpha value is -4.00. The van der Waals surface area contributed by atoms with Crippen LogP contribution in [-0.4, -0.2) is 36.8 Å². The van der Waals surface area contributed by atoms with Gasteiger partial charge in [0, 0.05) is 35.9 Å². The van der Waals surface area contributed by atoms with Crippen molar-refractivity contribution in [1.82, 2.24) is 14.9 Å². The lowest BCUT2D eigenvalue weighted by Gasteiger charge is -2.14. The molecule has 4 rings (SSSR count). The number of para-hydroxylation sites is 1. The van der Waals surface area contributed by atoms with Crippen LogP contribution in [-0.2, 0) is 13.6 Å². The largest absolute Gasteiger partial charge is 0.493 e. The smallest absolute Gasteiger partial charge is 0.253 e. The maximum atomic E-state index is 12.7. The standard InChI is InChI=1S/C25H25N3O4/c1-28-15-20(19-7-5-6-8-21(19)28)25(29)27-14-18-10-9-16(13-26-18)17-11-22(30-2)24(32-4)23(12-17)31-3/h5-13,15H,14H2,1-4H3,(H,27,29). The molecule has 4 aromatic rings. The molecule has 1 N–H and O–H groups in total. The number of hydrogen-bond acceptors (Lipinski definition) is 5. The van der Waals surface area contributed by atoms with Crippen molar-refractivity contribution in [2.24, 2.45) is 7.05 Å². The van der Waals surface area contributed by atoms with Gasteiger partial charge in [0.05, 0.1) is 39.1 Å². The fourth-order valence-corrected chi connectivity index (χ4v) is 3.74. The third-order valence-electron chi connectivity index (χ3n) is 5.39. The van der Waals surface area contributed by atoms with Crippen molar-refractivity contribution in [1.29, 1.82) is 0 Å². The third-order valence-corrected chi connectivity index (χ3v) is 5.39. The molecular formula is C25H25N3O4. The van der Waals surface area contributed by atoms with Gasteiger partial charge in [0.25, 0.3) is 5.91 Å². The van der Waals surface area contributed by atoms with Crippen LogP contribution in [0.25, 0.3) is 22.0 Å². The summed E-state index contributed by atoms with van der Waals surface area (Å²) in [6.07, 6.45) is 3.61. The zero-order chi connectivity index (χ0) is 22.7. The number of pyridine rings is 1. The zero-order valence-corrected chi connectivity index (χ0v) is 18.5. The molecule has 7 heteroatoms. The van der Waals surface area contributed by atoms with Crippen LogP contribution >= 0.6 is 0 Å². The normalized spacial score (nSPS) is 10.8. The Labute approximate surface area is 186 Å². The lowest BCUT2D eigenvalue weighted by atomic mass is 10.1. The third kappa shape index (κ3) is 3.97. The van der Waals surface area contributed by atoms with Gasteiger partial charge < -0.3 is 24.1 Å². The predicted molar refractivity (Wildman–Crippen MR) is 123 cm³/mol. The second-order valence-corrected chi connectivity index (χ2v) is 7.31. The summed E-state index contributed by atoms with van der Waals surface area (Å²) in [5.41, 5.74) is 4.21. The molecule has 0 unspecified atom stereocenters. The fraction of sp³-hybridized carbons (Fsp3) is 0.200. The number of carbonyl (C=O) groups is 1. The number of fused-ring (bicyclic) bond motifs is 1. The molecule has 7 nitrogen and oxygen atoms in total. The van der Waals surface area contributed by atoms with Crippen LogP contribution in [0.1, 0.15) is 16.1 Å². The van der Waals surface area contributed by atoms with Gasteiger partial charge in [-0.1, -0.05) is 24.3 Å². The average Bonchev–Trinajstić information content (AvgIpc) is 3.18. The molecule has 0 fully saturated rings. The van der Waals surface area contributed by atoms with Gasteiger partial charge in [-0.3, -0.25) is 9.78 Å². The summed E-state index contributed by atoms with van der Waals surface area (Å²) < 4.78 is 18.2. The number of nitrogens with zero attached hydrogens (tertiary/aromatic N) is 2. The number of nitrogens with one attached hydrogen (secondary N) is 1. The molecule has 0 saturated heterocycles. The highest BCUT2D eigenvalue weighted by atomic mass is 16.5. The molecule has 0 aliphatic heterocycles. The summed E-state index contributed by atoms with van der Waals surface area (Å²) in [7, 11) is 6.67. The van der Waals surface area contributed by atoms with E-state index in [2.05, 4.69) is 10.3 Å². The van der Waals surface area contributed by atoms with Gasteiger partial charge in [0.15, 0.2) is 11.5 Å². The monoisotopic (exact) mass is 431 g/mol. The maximum Gasteiger partial charge on any atom is 0.253 e. The zero-order valence-electron chi connectivity index (χ0n) is 18.5. The van der Waals surface area contributed by atoms with Crippen LogP contribution in [0.2, 0.25) is 0 Å². The topological polar surface area (TPSA) is 74.6 Å². The SMILES string of the molecule is COc1cc(-c2ccc(CNC(=O)c3cn(C)c4ccccc34)nc2)cc(OC)c1OC. The number of rotatable bonds is 7. The number of ether oxygens (including phenoxy) is 3. The van der Waals surface area contributed by atoms with E-state index in [1.807, 2.05) is 66.3 Å². The van der Waals surface area contributed by atoms with Crippen molar-refractivity contribution in [2.75, 3.05) is 21.3 Å². The first-order valence-corrected chi connectivity index (χ1v) is 10.1. The van der Waals surface area contributed by atoms with Crippen molar-refractivity contribution < 1.29 is 19.0 Å². The van der Waals surface area contributed by atoms with Crippen LogP contribution in [0.3, 0.4) is 0 Å². The van der Waals surface area contributed by atoms with E-state index in [-0.39, 0.29) is 5.91 Å². The van der Waals surface area contributed by atoms with Crippen molar-refractivity contribution >= 4 is 16.8 Å². The Balaban J connectivity index is 1.50. The summed E-state index contributed by atoms with van der Waals surface area (Å²) in [5.74, 6) is 1.57. The van der Waals surface area contributed by atoms with Crippen LogP contribution in [0.5, 0.6) is 17.2 Å². The molecule has 0 spiro atoms. The number of hydrogen-bond donors (Lipinski definition) is 1. The molecule has 164 valence electrons. The van der Waals surface area contributed by atoms with Crippen LogP contribution < -0.4 is 19.5 Å². The van der Waals surface area contributed by atoms with E-state index in [0.29, 0.717) is 29.4 Å². The number of methoxy groups -OCH3 is 3. The second kappa shape index (κ2) is 9.01. The van der Waals surface area contributed by atoms with Gasteiger partial charge in [-0.25, -0.2) is 0 Å². The molecule has 32 heavy (non-hydrogen) atoms. The molecule has 0 aliphatic rings. The first kappa shape index (κ1) is 21.2. The highest BCUT2D eigenvalue weighted by Crippen LogP contribution is 2.41. The van der Waals surface area contributed by atoms with Crippen molar-refractivity contribution in [3.63, 3.8) is 0 Å². The molecule has 2 aromatic carbocycles. The maximum absolute atomic E-state index is 12.7. The molecule has 0 aliphatic carbocycles. The van der Waals surface area contributed by atoms with E-state index < -0.39 is 0 Å². The van der Waals surface area contributed by atoms with Crippen LogP contribution in [0.15, 0.2) is 60.9 Å². The number of amides is 1. The van der Waals surface area contributed by atoms with E-state index in [1.165, 1.54) is 0 Å². The molecule has 0 radical (unpaired) electrons. The minimum atomic E-state index is -0.127. The van der Waals surface area contributed by atoms with Gasteiger partial charge in [0.1, 0.15) is 0 Å². The Kier molecular flexibility index (Phi) is 5.98. The quantitative estimate of drug-likeness (QED) is 0.475. The molecule has 0 saturated carbocycles. The first-order valence-electron chi connectivity index (χ1n) is 10.1. The van der Waals surface area contributed by atoms with E-state index in [4.69, 9.17) is 14.2 Å². The summed E-state index contributed by atoms with van der Waals surface area (Å²) in [6, 6.07) is 15.4. The van der Waals surface area contributed by atoms with Gasteiger partial charge in [-0.15, -0.1) is 0 Å². The lowest BCUT2D eigenvalue weighted by molar-refractivity contribution is 0.0952. The second-order valence-electron chi connectivity index (χ2n) is 7.31. The number of benzene rings is 2. The number of aromatic nitrogens is 2. The highest BCUT2D eigenvalue weighted by Gasteiger charge is 2.15. The van der Waals surface area contributed by atoms with Crippen LogP contribution in [0.4, 0.5) is 0 Å². The fourth-order valence-electron chi connectivity index (χ4n) is 3.74. The Morgan fingerprint density at radius 3 is 2.31 bits per heavy atom. The molecule has 0 atom stereocenters. The van der Waals surface area contributed by atoms with Crippen molar-refractivity contribution in [3.05, 3.63) is 72.2 Å². The summed E-state index contributed by atoms with van der Waals surface area (Å²) >= 11 is 0. The Bertz CT molecular complexity index is 1240. The van der Waals surface area contributed by atoms with E-state index >= 15 is 0 Å². The van der Waals surface area contributed by atoms with Gasteiger partial charge in [-0.2, -0.15) is 0 Å². The molecular weight excluding hydrogens is 406 g/mol. The summed E-state index contributed by atoms with van der Waals surface area (Å²) in [4.78, 5) is 17.3. The average molecular weight is 431 g/mol. The lowest BCUT2D eigenvalue weighted by Crippen LogP contribution is -2.23. The Morgan fingerprint density at radius 1 is 0.969 bits per heavy atom. The summed E-state index contributed by atoms with van der Waals surface area (Å²) in [5, 5.41) is 3.89. The number of aryl methyl sites for hydroxylation is 1. The predicted octanol–water partition coefficient (Wildman–Crippen LogP) is 4.20.